The molecule has 3 rings (SSSR count). The first kappa shape index (κ1) is 32.2. The molecule has 0 amide bonds. The van der Waals surface area contributed by atoms with Gasteiger partial charge in [-0.25, -0.2) is 0 Å². The predicted octanol–water partition coefficient (Wildman–Crippen LogP) is 5.87. The Balaban J connectivity index is 0.000000798. The fourth-order valence-corrected chi connectivity index (χ4v) is 4.55. The average Bonchev–Trinajstić information content (AvgIpc) is 2.95. The zero-order valence-corrected chi connectivity index (χ0v) is 24.7. The molecule has 39 heavy (non-hydrogen) atoms. The summed E-state index contributed by atoms with van der Waals surface area (Å²) < 4.78 is 36.9. The Bertz CT molecular complexity index is 1290. The Morgan fingerprint density at radius 3 is 1.90 bits per heavy atom. The Hall–Kier alpha value is -3.04. The molecule has 0 aromatic heterocycles. The number of hydrogen-bond acceptors (Lipinski definition) is 5. The number of quaternary nitrogens is 1. The highest BCUT2D eigenvalue weighted by Gasteiger charge is 2.41. The van der Waals surface area contributed by atoms with E-state index in [2.05, 4.69) is 63.2 Å². The minimum atomic E-state index is -4.16. The topological polar surface area (TPSA) is 89.9 Å². The van der Waals surface area contributed by atoms with E-state index in [9.17, 15) is 13.2 Å². The zero-order chi connectivity index (χ0) is 29.1. The third-order valence-corrected chi connectivity index (χ3v) is 7.94. The molecule has 3 aromatic rings. The van der Waals surface area contributed by atoms with Crippen molar-refractivity contribution in [3.8, 4) is 5.75 Å². The molecule has 0 spiro atoms. The molecule has 1 N–H and O–H groups in total. The monoisotopic (exact) mass is 556 g/mol. The molecule has 0 heterocycles. The van der Waals surface area contributed by atoms with Gasteiger partial charge in [-0.15, -0.1) is 0 Å². The first-order valence-electron chi connectivity index (χ1n) is 13.2. The van der Waals surface area contributed by atoms with Crippen molar-refractivity contribution in [1.82, 2.24) is 0 Å². The van der Waals surface area contributed by atoms with Gasteiger partial charge in [-0.3, -0.25) is 13.5 Å². The highest BCUT2D eigenvalue weighted by molar-refractivity contribution is 7.80. The van der Waals surface area contributed by atoms with Crippen molar-refractivity contribution in [2.75, 3.05) is 40.4 Å². The van der Waals surface area contributed by atoms with Crippen molar-refractivity contribution in [3.63, 3.8) is 0 Å². The van der Waals surface area contributed by atoms with Crippen LogP contribution in [0.25, 0.3) is 0 Å². The highest BCUT2D eigenvalue weighted by atomic mass is 32.3. The lowest BCUT2D eigenvalue weighted by molar-refractivity contribution is -0.906. The summed E-state index contributed by atoms with van der Waals surface area (Å²) in [5.41, 5.74) is 3.08. The standard InChI is InChI=1S/C30H38NO2.CH4O4S/c1-6-30(26-17-13-10-14-18-26,29(32)25-15-11-9-12-16-25)27-19-20-28(24(4)23-27)33-22-21-31(5,7-2)8-3;1-5-6(2,3)4/h9-20,23H,6-8,21-22H2,1-5H3;1H3,(H,2,3,4)/q+1;. The first-order valence-corrected chi connectivity index (χ1v) is 14.6. The third kappa shape index (κ3) is 8.47. The van der Waals surface area contributed by atoms with Crippen LogP contribution in [-0.2, 0) is 20.0 Å². The summed E-state index contributed by atoms with van der Waals surface area (Å²) in [4.78, 5) is 14.0. The van der Waals surface area contributed by atoms with Crippen molar-refractivity contribution in [1.29, 1.82) is 0 Å². The average molecular weight is 557 g/mol. The number of hydrogen-bond donors (Lipinski definition) is 1. The van der Waals surface area contributed by atoms with Crippen molar-refractivity contribution < 1.29 is 31.2 Å². The zero-order valence-electron chi connectivity index (χ0n) is 23.9. The van der Waals surface area contributed by atoms with Gasteiger partial charge in [0.15, 0.2) is 5.78 Å². The maximum atomic E-state index is 14.0. The molecule has 1 unspecified atom stereocenters. The van der Waals surface area contributed by atoms with Crippen LogP contribution in [0.2, 0.25) is 0 Å². The summed E-state index contributed by atoms with van der Waals surface area (Å²) in [5.74, 6) is 1.02. The van der Waals surface area contributed by atoms with Gasteiger partial charge in [-0.05, 0) is 49.9 Å². The van der Waals surface area contributed by atoms with E-state index in [0.29, 0.717) is 13.0 Å². The smallest absolute Gasteiger partial charge is 0.397 e. The molecule has 0 radical (unpaired) electrons. The summed E-state index contributed by atoms with van der Waals surface area (Å²) in [7, 11) is -1.02. The molecule has 0 aliphatic heterocycles. The first-order chi connectivity index (χ1) is 18.5. The van der Waals surface area contributed by atoms with Crippen molar-refractivity contribution in [2.24, 2.45) is 0 Å². The van der Waals surface area contributed by atoms with E-state index in [4.69, 9.17) is 9.29 Å². The number of ketones is 1. The van der Waals surface area contributed by atoms with Crippen molar-refractivity contribution >= 4 is 16.2 Å². The van der Waals surface area contributed by atoms with Crippen LogP contribution >= 0.6 is 0 Å². The van der Waals surface area contributed by atoms with E-state index >= 15 is 0 Å². The van der Waals surface area contributed by atoms with Gasteiger partial charge in [-0.2, -0.15) is 8.42 Å². The maximum absolute atomic E-state index is 14.0. The lowest BCUT2D eigenvalue weighted by Crippen LogP contribution is -2.46. The van der Waals surface area contributed by atoms with Crippen LogP contribution in [0.4, 0.5) is 0 Å². The molecule has 0 aliphatic rings. The maximum Gasteiger partial charge on any atom is 0.397 e. The van der Waals surface area contributed by atoms with Gasteiger partial charge in [0.05, 0.1) is 32.7 Å². The molecule has 3 aromatic carbocycles. The molecular weight excluding hydrogens is 514 g/mol. The molecule has 0 saturated heterocycles. The predicted molar refractivity (Wildman–Crippen MR) is 156 cm³/mol. The van der Waals surface area contributed by atoms with Crippen LogP contribution in [0.1, 0.15) is 54.2 Å². The second-order valence-electron chi connectivity index (χ2n) is 9.72. The second-order valence-corrected chi connectivity index (χ2v) is 10.9. The summed E-state index contributed by atoms with van der Waals surface area (Å²) in [6, 6.07) is 26.1. The number of Topliss-reactive ketones (excluding diaryl/α,β-unsaturated/α-hetero) is 1. The number of rotatable bonds is 12. The number of ether oxygens (including phenoxy) is 1. The van der Waals surface area contributed by atoms with Gasteiger partial charge in [-0.1, -0.05) is 79.7 Å². The van der Waals surface area contributed by atoms with E-state index in [1.54, 1.807) is 0 Å². The summed E-state index contributed by atoms with van der Waals surface area (Å²) in [6.07, 6.45) is 0.674. The lowest BCUT2D eigenvalue weighted by atomic mass is 9.67. The van der Waals surface area contributed by atoms with E-state index < -0.39 is 15.8 Å². The van der Waals surface area contributed by atoms with Gasteiger partial charge in [0.1, 0.15) is 18.9 Å². The molecule has 0 aliphatic carbocycles. The van der Waals surface area contributed by atoms with Crippen LogP contribution in [0, 0.1) is 6.92 Å². The van der Waals surface area contributed by atoms with E-state index in [1.165, 1.54) is 0 Å². The van der Waals surface area contributed by atoms with E-state index in [0.717, 1.165) is 59.2 Å². The van der Waals surface area contributed by atoms with Gasteiger partial charge in [0.2, 0.25) is 0 Å². The molecule has 1 atom stereocenters. The number of benzene rings is 3. The molecule has 7 nitrogen and oxygen atoms in total. The molecule has 8 heteroatoms. The van der Waals surface area contributed by atoms with E-state index in [-0.39, 0.29) is 5.78 Å². The largest absolute Gasteiger partial charge is 0.487 e. The summed E-state index contributed by atoms with van der Waals surface area (Å²) in [5, 5.41) is 0. The Kier molecular flexibility index (Phi) is 11.9. The third-order valence-electron chi connectivity index (χ3n) is 7.51. The van der Waals surface area contributed by atoms with Gasteiger partial charge in [0.25, 0.3) is 0 Å². The van der Waals surface area contributed by atoms with Crippen molar-refractivity contribution in [2.45, 2.75) is 39.5 Å². The van der Waals surface area contributed by atoms with Crippen LogP contribution in [-0.4, -0.2) is 63.6 Å². The molecule has 0 bridgehead atoms. The highest BCUT2D eigenvalue weighted by Crippen LogP contribution is 2.40. The van der Waals surface area contributed by atoms with Crippen LogP contribution < -0.4 is 4.74 Å². The normalized spacial score (nSPS) is 13.1. The number of carbonyl (C=O) groups is 1. The molecule has 0 saturated carbocycles. The minimum absolute atomic E-state index is 0.129. The number of aryl methyl sites for hydroxylation is 1. The fraction of sp³-hybridized carbons (Fsp3) is 0.387. The SMILES string of the molecule is CCC(C(=O)c1ccccc1)(c1ccccc1)c1ccc(OCC[N+](C)(CC)CC)c(C)c1.COS(=O)(=O)O. The quantitative estimate of drug-likeness (QED) is 0.170. The number of nitrogens with zero attached hydrogens (tertiary/aromatic N) is 1. The van der Waals surface area contributed by atoms with Crippen LogP contribution in [0.15, 0.2) is 78.9 Å². The number of likely N-dealkylation sites (N-methyl/N-ethyl adjacent to an activating group) is 1. The van der Waals surface area contributed by atoms with Crippen molar-refractivity contribution in [3.05, 3.63) is 101 Å². The van der Waals surface area contributed by atoms with Gasteiger partial charge in [0, 0.05) is 5.56 Å². The Morgan fingerprint density at radius 2 is 1.44 bits per heavy atom. The fourth-order valence-electron chi connectivity index (χ4n) is 4.55. The second kappa shape index (κ2) is 14.4. The minimum Gasteiger partial charge on any atom is -0.487 e. The van der Waals surface area contributed by atoms with E-state index in [1.807, 2.05) is 54.6 Å². The Labute approximate surface area is 233 Å². The van der Waals surface area contributed by atoms with Crippen LogP contribution in [0.3, 0.4) is 0 Å². The summed E-state index contributed by atoms with van der Waals surface area (Å²) >= 11 is 0. The molecular formula is C31H42NO6S+. The lowest BCUT2D eigenvalue weighted by Gasteiger charge is -2.34. The molecule has 0 fully saturated rings. The summed E-state index contributed by atoms with van der Waals surface area (Å²) in [6.45, 7) is 12.5. The Morgan fingerprint density at radius 1 is 0.897 bits per heavy atom. The van der Waals surface area contributed by atoms with Gasteiger partial charge < -0.3 is 9.22 Å². The number of carbonyl (C=O) groups excluding carboxylic acids is 1. The van der Waals surface area contributed by atoms with Gasteiger partial charge >= 0.3 is 10.4 Å². The van der Waals surface area contributed by atoms with Crippen LogP contribution in [0.5, 0.6) is 5.75 Å². The molecule has 212 valence electrons.